The van der Waals surface area contributed by atoms with Crippen LogP contribution in [-0.2, 0) is 16.0 Å². The van der Waals surface area contributed by atoms with Crippen molar-refractivity contribution in [3.8, 4) is 5.75 Å². The molecule has 0 unspecified atom stereocenters. The van der Waals surface area contributed by atoms with Crippen LogP contribution in [0.5, 0.6) is 5.75 Å². The standard InChI is InChI=1S/C23H27ClN2O3S/c1-15(2)26(23(28)16-3-4-16)13-22(27)25-11-9-21-19(10-12-30-21)20(25)14-29-18-7-5-17(24)6-8-18/h5-8,10,12,15-16,20H,3-4,9,11,13-14H2,1-2H3/t20-/m1/s1. The lowest BCUT2D eigenvalue weighted by atomic mass is 10.00. The number of fused-ring (bicyclic) bond motifs is 1. The molecule has 4 rings (SSSR count). The normalized spacial score (nSPS) is 18.3. The van der Waals surface area contributed by atoms with Crippen molar-refractivity contribution in [2.24, 2.45) is 5.92 Å². The number of carbonyl (C=O) groups is 2. The molecule has 1 atom stereocenters. The quantitative estimate of drug-likeness (QED) is 0.626. The van der Waals surface area contributed by atoms with Gasteiger partial charge in [-0.3, -0.25) is 9.59 Å². The Morgan fingerprint density at radius 2 is 1.97 bits per heavy atom. The Hall–Kier alpha value is -2.05. The molecule has 0 N–H and O–H groups in total. The lowest BCUT2D eigenvalue weighted by Gasteiger charge is -2.37. The highest BCUT2D eigenvalue weighted by Gasteiger charge is 2.38. The third-order valence-corrected chi connectivity index (χ3v) is 7.02. The second kappa shape index (κ2) is 8.98. The SMILES string of the molecule is CC(C)N(CC(=O)N1CCc2sccc2[C@H]1COc1ccc(Cl)cc1)C(=O)C1CC1. The van der Waals surface area contributed by atoms with Crippen LogP contribution in [0.1, 0.15) is 43.2 Å². The number of carbonyl (C=O) groups excluding carboxylic acids is 2. The maximum Gasteiger partial charge on any atom is 0.242 e. The van der Waals surface area contributed by atoms with E-state index in [0.717, 1.165) is 30.6 Å². The zero-order valence-electron chi connectivity index (χ0n) is 17.3. The fourth-order valence-electron chi connectivity index (χ4n) is 3.90. The molecule has 30 heavy (non-hydrogen) atoms. The van der Waals surface area contributed by atoms with Crippen molar-refractivity contribution < 1.29 is 14.3 Å². The van der Waals surface area contributed by atoms with Crippen molar-refractivity contribution in [1.82, 2.24) is 9.80 Å². The third-order valence-electron chi connectivity index (χ3n) is 5.78. The predicted molar refractivity (Wildman–Crippen MR) is 119 cm³/mol. The molecule has 1 aromatic heterocycles. The molecule has 160 valence electrons. The van der Waals surface area contributed by atoms with E-state index in [1.165, 1.54) is 4.88 Å². The van der Waals surface area contributed by atoms with Gasteiger partial charge < -0.3 is 14.5 Å². The van der Waals surface area contributed by atoms with Crippen molar-refractivity contribution in [2.75, 3.05) is 19.7 Å². The number of amides is 2. The van der Waals surface area contributed by atoms with E-state index in [4.69, 9.17) is 16.3 Å². The lowest BCUT2D eigenvalue weighted by molar-refractivity contribution is -0.144. The van der Waals surface area contributed by atoms with Crippen molar-refractivity contribution in [1.29, 1.82) is 0 Å². The topological polar surface area (TPSA) is 49.9 Å². The van der Waals surface area contributed by atoms with Gasteiger partial charge in [0.05, 0.1) is 6.04 Å². The summed E-state index contributed by atoms with van der Waals surface area (Å²) in [6.45, 7) is 5.09. The van der Waals surface area contributed by atoms with Gasteiger partial charge in [0.1, 0.15) is 18.9 Å². The number of hydrogen-bond donors (Lipinski definition) is 0. The first kappa shape index (κ1) is 21.2. The smallest absolute Gasteiger partial charge is 0.242 e. The van der Waals surface area contributed by atoms with Crippen LogP contribution in [0.4, 0.5) is 0 Å². The summed E-state index contributed by atoms with van der Waals surface area (Å²) in [5.74, 6) is 0.927. The molecule has 2 amide bonds. The number of nitrogens with zero attached hydrogens (tertiary/aromatic N) is 2. The van der Waals surface area contributed by atoms with Crippen LogP contribution in [0.2, 0.25) is 5.02 Å². The highest BCUT2D eigenvalue weighted by molar-refractivity contribution is 7.10. The molecular weight excluding hydrogens is 420 g/mol. The highest BCUT2D eigenvalue weighted by Crippen LogP contribution is 2.35. The molecule has 0 radical (unpaired) electrons. The van der Waals surface area contributed by atoms with E-state index in [1.807, 2.05) is 30.9 Å². The molecule has 2 aliphatic rings. The van der Waals surface area contributed by atoms with Gasteiger partial charge in [0.15, 0.2) is 0 Å². The Balaban J connectivity index is 1.50. The van der Waals surface area contributed by atoms with Gasteiger partial charge in [0.2, 0.25) is 11.8 Å². The summed E-state index contributed by atoms with van der Waals surface area (Å²) in [6.07, 6.45) is 2.72. The van der Waals surface area contributed by atoms with Crippen LogP contribution >= 0.6 is 22.9 Å². The van der Waals surface area contributed by atoms with Crippen molar-refractivity contribution >= 4 is 34.8 Å². The number of hydrogen-bond acceptors (Lipinski definition) is 4. The Kier molecular flexibility index (Phi) is 6.34. The van der Waals surface area contributed by atoms with E-state index in [9.17, 15) is 9.59 Å². The van der Waals surface area contributed by atoms with E-state index >= 15 is 0 Å². The fraction of sp³-hybridized carbons (Fsp3) is 0.478. The molecular formula is C23H27ClN2O3S. The molecule has 5 nitrogen and oxygen atoms in total. The van der Waals surface area contributed by atoms with Crippen LogP contribution in [0, 0.1) is 5.92 Å². The average molecular weight is 447 g/mol. The predicted octanol–water partition coefficient (Wildman–Crippen LogP) is 4.55. The summed E-state index contributed by atoms with van der Waals surface area (Å²) in [5, 5.41) is 2.73. The molecule has 1 aromatic carbocycles. The Morgan fingerprint density at radius 3 is 2.63 bits per heavy atom. The monoisotopic (exact) mass is 446 g/mol. The average Bonchev–Trinajstić information content (AvgIpc) is 3.47. The first-order valence-electron chi connectivity index (χ1n) is 10.5. The minimum atomic E-state index is -0.159. The summed E-state index contributed by atoms with van der Waals surface area (Å²) < 4.78 is 6.03. The van der Waals surface area contributed by atoms with E-state index < -0.39 is 0 Å². The van der Waals surface area contributed by atoms with Gasteiger partial charge in [-0.15, -0.1) is 11.3 Å². The van der Waals surface area contributed by atoms with Crippen LogP contribution in [-0.4, -0.2) is 47.4 Å². The van der Waals surface area contributed by atoms with Gasteiger partial charge in [-0.25, -0.2) is 0 Å². The second-order valence-corrected chi connectivity index (χ2v) is 9.69. The van der Waals surface area contributed by atoms with E-state index in [1.54, 1.807) is 28.4 Å². The van der Waals surface area contributed by atoms with Crippen LogP contribution in [0.15, 0.2) is 35.7 Å². The summed E-state index contributed by atoms with van der Waals surface area (Å²) in [7, 11) is 0. The van der Waals surface area contributed by atoms with Crippen molar-refractivity contribution in [2.45, 2.75) is 45.2 Å². The summed E-state index contributed by atoms with van der Waals surface area (Å²) >= 11 is 7.69. The van der Waals surface area contributed by atoms with Crippen LogP contribution in [0.25, 0.3) is 0 Å². The van der Waals surface area contributed by atoms with Crippen molar-refractivity contribution in [3.05, 3.63) is 51.2 Å². The molecule has 0 spiro atoms. The zero-order chi connectivity index (χ0) is 21.3. The number of ether oxygens (including phenoxy) is 1. The summed E-state index contributed by atoms with van der Waals surface area (Å²) in [6, 6.07) is 9.19. The molecule has 2 aromatic rings. The molecule has 0 saturated heterocycles. The Morgan fingerprint density at radius 1 is 1.23 bits per heavy atom. The molecule has 7 heteroatoms. The number of rotatable bonds is 7. The molecule has 1 fully saturated rings. The van der Waals surface area contributed by atoms with E-state index in [0.29, 0.717) is 18.2 Å². The Labute approximate surface area is 186 Å². The van der Waals surface area contributed by atoms with Gasteiger partial charge >= 0.3 is 0 Å². The highest BCUT2D eigenvalue weighted by atomic mass is 35.5. The first-order chi connectivity index (χ1) is 14.4. The summed E-state index contributed by atoms with van der Waals surface area (Å²) in [4.78, 5) is 30.9. The van der Waals surface area contributed by atoms with Gasteiger partial charge in [0.25, 0.3) is 0 Å². The largest absolute Gasteiger partial charge is 0.491 e. The lowest BCUT2D eigenvalue weighted by Crippen LogP contribution is -2.49. The molecule has 1 saturated carbocycles. The summed E-state index contributed by atoms with van der Waals surface area (Å²) in [5.41, 5.74) is 1.15. The number of halogens is 1. The first-order valence-corrected chi connectivity index (χ1v) is 11.7. The molecule has 1 aliphatic heterocycles. The second-order valence-electron chi connectivity index (χ2n) is 8.25. The van der Waals surface area contributed by atoms with Gasteiger partial charge in [-0.1, -0.05) is 11.6 Å². The molecule has 1 aliphatic carbocycles. The minimum Gasteiger partial charge on any atom is -0.491 e. The minimum absolute atomic E-state index is 0.00677. The molecule has 0 bridgehead atoms. The Bertz CT molecular complexity index is 907. The van der Waals surface area contributed by atoms with Gasteiger partial charge in [0, 0.05) is 28.4 Å². The van der Waals surface area contributed by atoms with Crippen molar-refractivity contribution in [3.63, 3.8) is 0 Å². The van der Waals surface area contributed by atoms with E-state index in [2.05, 4.69) is 11.4 Å². The molecule has 2 heterocycles. The maximum absolute atomic E-state index is 13.3. The third kappa shape index (κ3) is 4.65. The van der Waals surface area contributed by atoms with Gasteiger partial charge in [-0.05, 0) is 74.4 Å². The number of thiophene rings is 1. The zero-order valence-corrected chi connectivity index (χ0v) is 18.9. The van der Waals surface area contributed by atoms with Crippen LogP contribution in [0.3, 0.4) is 0 Å². The van der Waals surface area contributed by atoms with E-state index in [-0.39, 0.29) is 36.4 Å². The van der Waals surface area contributed by atoms with Gasteiger partial charge in [-0.2, -0.15) is 0 Å². The fourth-order valence-corrected chi connectivity index (χ4v) is 4.95. The van der Waals surface area contributed by atoms with Crippen LogP contribution < -0.4 is 4.74 Å². The maximum atomic E-state index is 13.3. The number of benzene rings is 1.